The molecule has 0 aromatic carbocycles. The minimum absolute atomic E-state index is 0.00253. The van der Waals surface area contributed by atoms with E-state index < -0.39 is 48.0 Å². The highest BCUT2D eigenvalue weighted by atomic mass is 16.6. The van der Waals surface area contributed by atoms with Gasteiger partial charge in [0.05, 0.1) is 25.4 Å². The van der Waals surface area contributed by atoms with Crippen molar-refractivity contribution >= 4 is 5.97 Å². The summed E-state index contributed by atoms with van der Waals surface area (Å²) in [5, 5.41) is 35.3. The Balaban J connectivity index is 2.00. The van der Waals surface area contributed by atoms with Crippen molar-refractivity contribution in [1.29, 1.82) is 0 Å². The van der Waals surface area contributed by atoms with Crippen LogP contribution in [0.1, 0.15) is 94.4 Å². The lowest BCUT2D eigenvalue weighted by atomic mass is 9.74. The summed E-state index contributed by atoms with van der Waals surface area (Å²) in [6.45, 7) is 20.0. The number of esters is 1. The van der Waals surface area contributed by atoms with Gasteiger partial charge in [-0.1, -0.05) is 90.3 Å². The molecule has 12 atom stereocenters. The van der Waals surface area contributed by atoms with E-state index in [0.717, 1.165) is 37.1 Å². The molecule has 280 valence electrons. The number of piperidine rings is 1. The van der Waals surface area contributed by atoms with Gasteiger partial charge in [-0.3, -0.25) is 4.90 Å². The van der Waals surface area contributed by atoms with Crippen molar-refractivity contribution in [2.75, 3.05) is 27.3 Å². The van der Waals surface area contributed by atoms with E-state index >= 15 is 0 Å². The van der Waals surface area contributed by atoms with Crippen LogP contribution in [0, 0.1) is 35.5 Å². The Hall–Kier alpha value is -2.01. The summed E-state index contributed by atoms with van der Waals surface area (Å²) < 4.78 is 24.1. The maximum absolute atomic E-state index is 13.7. The van der Waals surface area contributed by atoms with Gasteiger partial charge in [0.1, 0.15) is 12.2 Å². The summed E-state index contributed by atoms with van der Waals surface area (Å²) in [4.78, 5) is 16.2. The third kappa shape index (κ3) is 10.5. The van der Waals surface area contributed by atoms with E-state index in [1.165, 1.54) is 13.5 Å². The van der Waals surface area contributed by atoms with Gasteiger partial charge in [0.15, 0.2) is 5.79 Å². The molecule has 0 aliphatic carbocycles. The molecule has 0 radical (unpaired) electrons. The maximum atomic E-state index is 13.7. The fourth-order valence-electron chi connectivity index (χ4n) is 8.25. The molecule has 3 N–H and O–H groups in total. The Morgan fingerprint density at radius 1 is 1.02 bits per heavy atom. The molecule has 0 aromatic rings. The molecule has 9 nitrogen and oxygen atoms in total. The minimum atomic E-state index is -1.59. The van der Waals surface area contributed by atoms with Gasteiger partial charge in [0, 0.05) is 37.3 Å². The van der Waals surface area contributed by atoms with Gasteiger partial charge >= 0.3 is 5.97 Å². The predicted molar refractivity (Wildman–Crippen MR) is 193 cm³/mol. The Kier molecular flexibility index (Phi) is 15.6. The van der Waals surface area contributed by atoms with E-state index in [0.29, 0.717) is 12.8 Å². The molecular formula is C40H67NO8. The molecule has 9 heteroatoms. The van der Waals surface area contributed by atoms with Crippen molar-refractivity contribution < 1.29 is 39.1 Å². The second-order valence-corrected chi connectivity index (χ2v) is 15.7. The van der Waals surface area contributed by atoms with Crippen LogP contribution >= 0.6 is 0 Å². The molecule has 3 heterocycles. The number of rotatable bonds is 8. The first kappa shape index (κ1) is 41.4. The van der Waals surface area contributed by atoms with Gasteiger partial charge < -0.3 is 34.3 Å². The molecule has 0 aromatic heterocycles. The largest absolute Gasteiger partial charge is 0.490 e. The summed E-state index contributed by atoms with van der Waals surface area (Å²) >= 11 is 0. The number of aliphatic hydroxyl groups excluding tert-OH is 2. The molecule has 3 aliphatic rings. The van der Waals surface area contributed by atoms with Crippen molar-refractivity contribution in [3.05, 3.63) is 47.3 Å². The Bertz CT molecular complexity index is 1190. The molecule has 2 fully saturated rings. The lowest BCUT2D eigenvalue weighted by Gasteiger charge is -2.53. The summed E-state index contributed by atoms with van der Waals surface area (Å²) in [6.07, 6.45) is 10.3. The van der Waals surface area contributed by atoms with Crippen LogP contribution < -0.4 is 0 Å². The van der Waals surface area contributed by atoms with Gasteiger partial charge in [-0.25, -0.2) is 4.79 Å². The number of hydrogen-bond acceptors (Lipinski definition) is 9. The monoisotopic (exact) mass is 689 g/mol. The van der Waals surface area contributed by atoms with Crippen molar-refractivity contribution in [2.24, 2.45) is 35.5 Å². The van der Waals surface area contributed by atoms with Gasteiger partial charge in [0.25, 0.3) is 0 Å². The van der Waals surface area contributed by atoms with E-state index in [1.807, 2.05) is 65.8 Å². The average molecular weight is 690 g/mol. The number of carbonyl (C=O) groups excluding carboxylic acids is 1. The average Bonchev–Trinajstić information content (AvgIpc) is 3.07. The molecule has 0 amide bonds. The fraction of sp³-hybridized carbons (Fsp3) is 0.775. The summed E-state index contributed by atoms with van der Waals surface area (Å²) in [7, 11) is 2.96. The standard InChI is InChI=1S/C40H67NO8/c1-24(2)37-29(7)32(41-18-13-12-14-19-41)23-40(45,49-37)31(9)36(43)30(8)38-33(46-10)17-15-16-25(3)20-27(5)35(42)28(6)21-26(4)22-34(47-11)39(44)48-38/h15-17,21-22,24,27-33,35-38,42-43,45H,12-14,18-20,23H2,1-11H3/b17-15-,25-16+,26-21+,34-22+. The number of aliphatic hydroxyl groups is 3. The van der Waals surface area contributed by atoms with E-state index in [4.69, 9.17) is 18.9 Å². The molecule has 0 saturated carbocycles. The van der Waals surface area contributed by atoms with E-state index in [1.54, 1.807) is 13.2 Å². The Morgan fingerprint density at radius 3 is 2.27 bits per heavy atom. The zero-order valence-corrected chi connectivity index (χ0v) is 32.1. The highest BCUT2D eigenvalue weighted by Crippen LogP contribution is 2.43. The van der Waals surface area contributed by atoms with Crippen molar-refractivity contribution in [3.8, 4) is 0 Å². The van der Waals surface area contributed by atoms with Gasteiger partial charge in [-0.2, -0.15) is 0 Å². The second-order valence-electron chi connectivity index (χ2n) is 15.7. The number of ether oxygens (including phenoxy) is 4. The lowest BCUT2D eigenvalue weighted by Crippen LogP contribution is -2.62. The third-order valence-electron chi connectivity index (χ3n) is 11.4. The normalized spacial score (nSPS) is 40.5. The summed E-state index contributed by atoms with van der Waals surface area (Å²) in [5.74, 6) is -3.41. The van der Waals surface area contributed by atoms with E-state index in [-0.39, 0.29) is 41.6 Å². The second kappa shape index (κ2) is 18.5. The van der Waals surface area contributed by atoms with E-state index in [2.05, 4.69) is 25.7 Å². The zero-order valence-electron chi connectivity index (χ0n) is 32.1. The number of allylic oxidation sites excluding steroid dienone is 5. The molecule has 12 unspecified atom stereocenters. The molecule has 0 bridgehead atoms. The van der Waals surface area contributed by atoms with E-state index in [9.17, 15) is 20.1 Å². The van der Waals surface area contributed by atoms with Crippen molar-refractivity contribution in [2.45, 2.75) is 137 Å². The van der Waals surface area contributed by atoms with Crippen LogP contribution in [0.2, 0.25) is 0 Å². The maximum Gasteiger partial charge on any atom is 0.373 e. The van der Waals surface area contributed by atoms with Gasteiger partial charge in [-0.05, 0) is 70.0 Å². The SMILES string of the molecule is CO/C1=C/C(C)=C/C(C)C(O)C(C)C/C(C)=C/C=C\C(OC)C(C(C)C(O)C(C)C2(O)CC(N3CCCCC3)C(C)C(C(C)C)O2)OC1=O. The number of hydrogen-bond donors (Lipinski definition) is 3. The topological polar surface area (TPSA) is 118 Å². The Morgan fingerprint density at radius 2 is 1.67 bits per heavy atom. The first-order chi connectivity index (χ1) is 23.0. The number of methoxy groups -OCH3 is 2. The summed E-state index contributed by atoms with van der Waals surface area (Å²) in [5.41, 5.74) is 1.84. The van der Waals surface area contributed by atoms with Gasteiger partial charge in [0.2, 0.25) is 5.76 Å². The van der Waals surface area contributed by atoms with Crippen LogP contribution in [0.25, 0.3) is 0 Å². The first-order valence-electron chi connectivity index (χ1n) is 18.6. The van der Waals surface area contributed by atoms with Crippen LogP contribution in [0.3, 0.4) is 0 Å². The highest BCUT2D eigenvalue weighted by molar-refractivity contribution is 5.87. The quantitative estimate of drug-likeness (QED) is 0.257. The van der Waals surface area contributed by atoms with Gasteiger partial charge in [-0.15, -0.1) is 0 Å². The van der Waals surface area contributed by atoms with Crippen LogP contribution in [-0.4, -0.2) is 95.8 Å². The molecule has 3 rings (SSSR count). The molecule has 3 aliphatic heterocycles. The van der Waals surface area contributed by atoms with Crippen LogP contribution in [0.5, 0.6) is 0 Å². The predicted octanol–water partition coefficient (Wildman–Crippen LogP) is 6.19. The molecule has 0 spiro atoms. The summed E-state index contributed by atoms with van der Waals surface area (Å²) in [6, 6.07) is 0.124. The smallest absolute Gasteiger partial charge is 0.373 e. The fourth-order valence-corrected chi connectivity index (χ4v) is 8.25. The zero-order chi connectivity index (χ0) is 36.6. The number of likely N-dealkylation sites (tertiary alicyclic amines) is 1. The van der Waals surface area contributed by atoms with Crippen molar-refractivity contribution in [3.63, 3.8) is 0 Å². The number of cyclic esters (lactones) is 1. The lowest BCUT2D eigenvalue weighted by molar-refractivity contribution is -0.323. The molecular weight excluding hydrogens is 622 g/mol. The van der Waals surface area contributed by atoms with Crippen LogP contribution in [-0.2, 0) is 23.7 Å². The third-order valence-corrected chi connectivity index (χ3v) is 11.4. The van der Waals surface area contributed by atoms with Crippen LogP contribution in [0.4, 0.5) is 0 Å². The van der Waals surface area contributed by atoms with Crippen molar-refractivity contribution in [1.82, 2.24) is 4.90 Å². The number of carbonyl (C=O) groups is 1. The first-order valence-corrected chi connectivity index (χ1v) is 18.6. The molecule has 49 heavy (non-hydrogen) atoms. The Labute approximate surface area is 296 Å². The highest BCUT2D eigenvalue weighted by Gasteiger charge is 2.53. The minimum Gasteiger partial charge on any atom is -0.490 e. The molecule has 2 saturated heterocycles. The van der Waals surface area contributed by atoms with Crippen LogP contribution in [0.15, 0.2) is 47.3 Å². The number of nitrogens with zero attached hydrogens (tertiary/aromatic N) is 1.